The second-order valence-corrected chi connectivity index (χ2v) is 7.49. The molecule has 0 radical (unpaired) electrons. The fraction of sp³-hybridized carbons (Fsp3) is 0.0909. The summed E-state index contributed by atoms with van der Waals surface area (Å²) in [5.41, 5.74) is 2.24. The highest BCUT2D eigenvalue weighted by molar-refractivity contribution is 6.36. The van der Waals surface area contributed by atoms with Crippen LogP contribution in [0.1, 0.15) is 29.5 Å². The van der Waals surface area contributed by atoms with E-state index >= 15 is 0 Å². The second-order valence-electron chi connectivity index (χ2n) is 6.29. The first-order valence-corrected chi connectivity index (χ1v) is 9.94. The smallest absolute Gasteiger partial charge is 0.244 e. The van der Waals surface area contributed by atoms with Crippen LogP contribution in [-0.2, 0) is 4.79 Å². The summed E-state index contributed by atoms with van der Waals surface area (Å²) in [6.07, 6.45) is 3.07. The normalized spacial score (nSPS) is 11.8. The van der Waals surface area contributed by atoms with Crippen LogP contribution in [0.25, 0.3) is 0 Å². The molecule has 0 fully saturated rings. The summed E-state index contributed by atoms with van der Waals surface area (Å²) in [6.45, 7) is 1.38. The molecule has 30 heavy (non-hydrogen) atoms. The van der Waals surface area contributed by atoms with Crippen molar-refractivity contribution in [3.63, 3.8) is 0 Å². The zero-order chi connectivity index (χ0) is 21.7. The van der Waals surface area contributed by atoms with Gasteiger partial charge in [-0.2, -0.15) is 10.4 Å². The number of hydrogen-bond acceptors (Lipinski definition) is 4. The third-order valence-electron chi connectivity index (χ3n) is 4.23. The van der Waals surface area contributed by atoms with Crippen molar-refractivity contribution >= 4 is 52.6 Å². The van der Waals surface area contributed by atoms with Crippen LogP contribution in [0.15, 0.2) is 65.9 Å². The molecule has 2 aromatic carbocycles. The van der Waals surface area contributed by atoms with E-state index in [0.29, 0.717) is 22.0 Å². The number of carbonyl (C=O) groups excluding carboxylic acids is 1. The first-order chi connectivity index (χ1) is 14.4. The van der Waals surface area contributed by atoms with Crippen molar-refractivity contribution in [1.82, 2.24) is 4.98 Å². The minimum absolute atomic E-state index is 0.236. The number of pyridine rings is 1. The van der Waals surface area contributed by atoms with E-state index in [9.17, 15) is 10.1 Å². The van der Waals surface area contributed by atoms with Crippen LogP contribution in [0.3, 0.4) is 0 Å². The van der Waals surface area contributed by atoms with Gasteiger partial charge in [-0.25, -0.2) is 9.99 Å². The van der Waals surface area contributed by atoms with Crippen LogP contribution in [0, 0.1) is 11.3 Å². The number of hydrazone groups is 1. The number of aromatic nitrogens is 1. The zero-order valence-electron chi connectivity index (χ0n) is 15.8. The lowest BCUT2D eigenvalue weighted by Gasteiger charge is -2.19. The maximum absolute atomic E-state index is 12.2. The summed E-state index contributed by atoms with van der Waals surface area (Å²) in [6, 6.07) is 17.9. The molecule has 5 nitrogen and oxygen atoms in total. The van der Waals surface area contributed by atoms with E-state index in [1.807, 2.05) is 30.3 Å². The van der Waals surface area contributed by atoms with Crippen LogP contribution in [0.4, 0.5) is 5.69 Å². The molecule has 8 heteroatoms. The SMILES string of the molecule is CC(=O)N(/N=C/c1ccccc1)c1cc(Cl)c(C(C#N)c2ccc(Cl)nc2)c(Cl)c1. The number of nitriles is 1. The molecule has 0 aliphatic carbocycles. The van der Waals surface area contributed by atoms with Crippen LogP contribution >= 0.6 is 34.8 Å². The lowest BCUT2D eigenvalue weighted by atomic mass is 9.93. The molecular weight excluding hydrogens is 443 g/mol. The van der Waals surface area contributed by atoms with Crippen molar-refractivity contribution < 1.29 is 4.79 Å². The Hall–Kier alpha value is -2.91. The van der Waals surface area contributed by atoms with Crippen LogP contribution in [0.2, 0.25) is 15.2 Å². The molecule has 150 valence electrons. The Labute approximate surface area is 189 Å². The molecule has 1 unspecified atom stereocenters. The molecule has 1 amide bonds. The first-order valence-electron chi connectivity index (χ1n) is 8.80. The van der Waals surface area contributed by atoms with Crippen molar-refractivity contribution in [3.05, 3.63) is 92.7 Å². The molecule has 0 spiro atoms. The van der Waals surface area contributed by atoms with Gasteiger partial charge in [-0.05, 0) is 29.3 Å². The molecule has 0 saturated carbocycles. The van der Waals surface area contributed by atoms with Crippen molar-refractivity contribution in [2.45, 2.75) is 12.8 Å². The Morgan fingerprint density at radius 3 is 2.33 bits per heavy atom. The van der Waals surface area contributed by atoms with E-state index in [1.54, 1.807) is 30.5 Å². The van der Waals surface area contributed by atoms with E-state index in [4.69, 9.17) is 34.8 Å². The number of halogens is 3. The van der Waals surface area contributed by atoms with E-state index in [1.165, 1.54) is 18.1 Å². The molecule has 1 aromatic heterocycles. The minimum atomic E-state index is -0.748. The summed E-state index contributed by atoms with van der Waals surface area (Å²) >= 11 is 18.8. The van der Waals surface area contributed by atoms with E-state index < -0.39 is 5.92 Å². The van der Waals surface area contributed by atoms with Gasteiger partial charge in [-0.15, -0.1) is 0 Å². The molecule has 0 N–H and O–H groups in total. The van der Waals surface area contributed by atoms with E-state index in [2.05, 4.69) is 16.2 Å². The molecule has 1 atom stereocenters. The first kappa shape index (κ1) is 21.8. The molecule has 0 aliphatic rings. The standard InChI is InChI=1S/C22H15Cl3N4O/c1-14(30)29(28-12-15-5-3-2-4-6-15)17-9-19(23)22(20(24)10-17)18(11-26)16-7-8-21(25)27-13-16/h2-10,12-13,18H,1H3/b28-12+. The number of anilines is 1. The summed E-state index contributed by atoms with van der Waals surface area (Å²) in [5, 5.41) is 16.0. The van der Waals surface area contributed by atoms with Crippen LogP contribution in [0.5, 0.6) is 0 Å². The average molecular weight is 458 g/mol. The molecule has 3 rings (SSSR count). The highest BCUT2D eigenvalue weighted by Crippen LogP contribution is 2.38. The van der Waals surface area contributed by atoms with Crippen molar-refractivity contribution in [1.29, 1.82) is 5.26 Å². The number of hydrogen-bond donors (Lipinski definition) is 0. The number of carbonyl (C=O) groups is 1. The van der Waals surface area contributed by atoms with Crippen molar-refractivity contribution in [2.75, 3.05) is 5.01 Å². The highest BCUT2D eigenvalue weighted by atomic mass is 35.5. The van der Waals surface area contributed by atoms with Crippen LogP contribution in [-0.4, -0.2) is 17.1 Å². The molecule has 1 heterocycles. The maximum Gasteiger partial charge on any atom is 0.244 e. The Balaban J connectivity index is 1.99. The summed E-state index contributed by atoms with van der Waals surface area (Å²) in [4.78, 5) is 16.2. The van der Waals surface area contributed by atoms with E-state index in [-0.39, 0.29) is 16.0 Å². The lowest BCUT2D eigenvalue weighted by molar-refractivity contribution is -0.116. The fourth-order valence-electron chi connectivity index (χ4n) is 2.83. The van der Waals surface area contributed by atoms with Gasteiger partial charge in [0.05, 0.1) is 18.0 Å². The second kappa shape index (κ2) is 9.73. The third-order valence-corrected chi connectivity index (χ3v) is 5.08. The fourth-order valence-corrected chi connectivity index (χ4v) is 3.63. The molecule has 0 saturated heterocycles. The number of nitrogens with zero attached hydrogens (tertiary/aromatic N) is 4. The number of benzene rings is 2. The largest absolute Gasteiger partial charge is 0.273 e. The Kier molecular flexibility index (Phi) is 7.07. The van der Waals surface area contributed by atoms with E-state index in [0.717, 1.165) is 5.56 Å². The zero-order valence-corrected chi connectivity index (χ0v) is 18.0. The van der Waals surface area contributed by atoms with Gasteiger partial charge < -0.3 is 0 Å². The Morgan fingerprint density at radius 2 is 1.80 bits per heavy atom. The van der Waals surface area contributed by atoms with Gasteiger partial charge in [0, 0.05) is 28.7 Å². The number of rotatable bonds is 5. The topological polar surface area (TPSA) is 69.3 Å². The maximum atomic E-state index is 12.2. The summed E-state index contributed by atoms with van der Waals surface area (Å²) in [7, 11) is 0. The van der Waals surface area contributed by atoms with Gasteiger partial charge in [0.1, 0.15) is 11.1 Å². The molecule has 3 aromatic rings. The minimum Gasteiger partial charge on any atom is -0.273 e. The monoisotopic (exact) mass is 456 g/mol. The summed E-state index contributed by atoms with van der Waals surface area (Å²) < 4.78 is 0. The molecule has 0 bridgehead atoms. The molecule has 0 aliphatic heterocycles. The average Bonchev–Trinajstić information content (AvgIpc) is 2.72. The predicted molar refractivity (Wildman–Crippen MR) is 120 cm³/mol. The van der Waals surface area contributed by atoms with Crippen molar-refractivity contribution in [3.8, 4) is 6.07 Å². The van der Waals surface area contributed by atoms with Gasteiger partial charge in [0.2, 0.25) is 5.91 Å². The lowest BCUT2D eigenvalue weighted by Crippen LogP contribution is -2.22. The Bertz CT molecular complexity index is 1100. The third kappa shape index (κ3) is 4.98. The van der Waals surface area contributed by atoms with Gasteiger partial charge in [-0.3, -0.25) is 4.79 Å². The van der Waals surface area contributed by atoms with Crippen LogP contribution < -0.4 is 5.01 Å². The predicted octanol–water partition coefficient (Wildman–Crippen LogP) is 6.08. The quantitative estimate of drug-likeness (QED) is 0.265. The number of amides is 1. The van der Waals surface area contributed by atoms with Gasteiger partial charge in [-0.1, -0.05) is 71.2 Å². The van der Waals surface area contributed by atoms with Gasteiger partial charge in [0.15, 0.2) is 0 Å². The summed E-state index contributed by atoms with van der Waals surface area (Å²) in [5.74, 6) is -1.07. The van der Waals surface area contributed by atoms with Crippen molar-refractivity contribution in [2.24, 2.45) is 5.10 Å². The molecular formula is C22H15Cl3N4O. The van der Waals surface area contributed by atoms with Gasteiger partial charge in [0.25, 0.3) is 0 Å². The Morgan fingerprint density at radius 1 is 1.13 bits per heavy atom. The van der Waals surface area contributed by atoms with Gasteiger partial charge >= 0.3 is 0 Å². The highest BCUT2D eigenvalue weighted by Gasteiger charge is 2.23.